The van der Waals surface area contributed by atoms with Crippen LogP contribution in [-0.2, 0) is 14.3 Å². The molecule has 0 aliphatic carbocycles. The van der Waals surface area contributed by atoms with Crippen molar-refractivity contribution >= 4 is 11.8 Å². The molecule has 0 bridgehead atoms. The molecule has 330 valence electrons. The maximum atomic E-state index is 13.0. The van der Waals surface area contributed by atoms with Crippen molar-refractivity contribution in [1.29, 1.82) is 0 Å². The smallest absolute Gasteiger partial charge is 0.255 e. The summed E-state index contributed by atoms with van der Waals surface area (Å²) in [6, 6.07) is 6.15. The Morgan fingerprint density at radius 1 is 0.737 bits per heavy atom. The normalized spacial score (nSPS) is 21.2. The van der Waals surface area contributed by atoms with Crippen molar-refractivity contribution in [2.24, 2.45) is 0 Å². The number of rotatable bonds is 34. The molecule has 13 nitrogen and oxygen atoms in total. The Bertz CT molecular complexity index is 1170. The molecule has 0 spiro atoms. The summed E-state index contributed by atoms with van der Waals surface area (Å²) >= 11 is 0. The minimum atomic E-state index is -1.63. The number of hydrogen-bond donors (Lipinski definition) is 8. The lowest BCUT2D eigenvalue weighted by Crippen LogP contribution is -2.60. The number of aliphatic hydroxyl groups is 6. The number of unbranched alkanes of at least 4 members (excludes halogenated alkanes) is 19. The van der Waals surface area contributed by atoms with Gasteiger partial charge in [0.1, 0.15) is 36.3 Å². The summed E-state index contributed by atoms with van der Waals surface area (Å²) in [4.78, 5) is 25.4. The number of carbonyl (C=O) groups excluding carboxylic acids is 2. The third-order valence-corrected chi connectivity index (χ3v) is 11.0. The van der Waals surface area contributed by atoms with Crippen molar-refractivity contribution in [3.63, 3.8) is 0 Å². The summed E-state index contributed by atoms with van der Waals surface area (Å²) in [5, 5.41) is 68.0. The van der Waals surface area contributed by atoms with E-state index in [2.05, 4.69) is 17.6 Å². The zero-order valence-corrected chi connectivity index (χ0v) is 35.0. The topological polar surface area (TPSA) is 207 Å². The molecule has 1 aliphatic rings. The number of ether oxygens (including phenoxy) is 3. The van der Waals surface area contributed by atoms with E-state index in [1.807, 2.05) is 12.1 Å². The Morgan fingerprint density at radius 2 is 1.28 bits per heavy atom. The van der Waals surface area contributed by atoms with E-state index < -0.39 is 55.6 Å². The first-order valence-corrected chi connectivity index (χ1v) is 22.1. The van der Waals surface area contributed by atoms with Gasteiger partial charge in [-0.2, -0.15) is 0 Å². The second-order valence-electron chi connectivity index (χ2n) is 15.8. The van der Waals surface area contributed by atoms with E-state index in [-0.39, 0.29) is 24.8 Å². The van der Waals surface area contributed by atoms with E-state index in [9.17, 15) is 40.2 Å². The fourth-order valence-corrected chi connectivity index (χ4v) is 7.32. The monoisotopic (exact) mass is 811 g/mol. The lowest BCUT2D eigenvalue weighted by Gasteiger charge is -2.40. The van der Waals surface area contributed by atoms with E-state index in [1.165, 1.54) is 51.4 Å². The highest BCUT2D eigenvalue weighted by atomic mass is 16.7. The fraction of sp³-hybridized carbons (Fsp3) is 0.818. The van der Waals surface area contributed by atoms with Crippen molar-refractivity contribution in [3.05, 3.63) is 29.8 Å². The van der Waals surface area contributed by atoms with Gasteiger partial charge in [-0.25, -0.2) is 0 Å². The molecule has 1 saturated heterocycles. The number of carbonyl (C=O) groups is 2. The predicted octanol–water partition coefficient (Wildman–Crippen LogP) is 5.44. The minimum Gasteiger partial charge on any atom is -0.496 e. The largest absolute Gasteiger partial charge is 0.496 e. The zero-order chi connectivity index (χ0) is 41.7. The molecule has 1 heterocycles. The minimum absolute atomic E-state index is 0.128. The first kappa shape index (κ1) is 50.8. The molecule has 0 radical (unpaired) electrons. The van der Waals surface area contributed by atoms with Crippen molar-refractivity contribution in [2.45, 2.75) is 204 Å². The molecular weight excluding hydrogens is 732 g/mol. The average Bonchev–Trinajstić information content (AvgIpc) is 3.22. The number of nitrogens with one attached hydrogen (secondary N) is 2. The summed E-state index contributed by atoms with van der Waals surface area (Å²) in [5.74, 6) is 0.136. The molecular formula is C44H78N2O11. The maximum absolute atomic E-state index is 13.0. The molecule has 8 N–H and O–H groups in total. The van der Waals surface area contributed by atoms with Gasteiger partial charge < -0.3 is 55.5 Å². The van der Waals surface area contributed by atoms with Crippen LogP contribution >= 0.6 is 0 Å². The van der Waals surface area contributed by atoms with Gasteiger partial charge in [0.05, 0.1) is 38.0 Å². The summed E-state index contributed by atoms with van der Waals surface area (Å²) in [5.41, 5.74) is 0.537. The van der Waals surface area contributed by atoms with Crippen LogP contribution in [0.2, 0.25) is 0 Å². The number of amides is 2. The lowest BCUT2D eigenvalue weighted by molar-refractivity contribution is -0.303. The summed E-state index contributed by atoms with van der Waals surface area (Å²) < 4.78 is 16.4. The van der Waals surface area contributed by atoms with Crippen LogP contribution < -0.4 is 15.4 Å². The second-order valence-corrected chi connectivity index (χ2v) is 15.8. The highest BCUT2D eigenvalue weighted by Crippen LogP contribution is 2.23. The highest BCUT2D eigenvalue weighted by Gasteiger charge is 2.44. The van der Waals surface area contributed by atoms with Crippen LogP contribution in [0.1, 0.15) is 165 Å². The number of hydrogen-bond acceptors (Lipinski definition) is 11. The Kier molecular flexibility index (Phi) is 28.1. The molecule has 13 heteroatoms. The van der Waals surface area contributed by atoms with Crippen LogP contribution in [0.5, 0.6) is 5.75 Å². The molecule has 0 aromatic heterocycles. The quantitative estimate of drug-likeness (QED) is 0.0412. The number of para-hydroxylation sites is 1. The van der Waals surface area contributed by atoms with E-state index in [1.54, 1.807) is 19.2 Å². The van der Waals surface area contributed by atoms with E-state index in [4.69, 9.17) is 14.2 Å². The Hall–Kier alpha value is -2.36. The third kappa shape index (κ3) is 20.9. The van der Waals surface area contributed by atoms with Crippen LogP contribution in [-0.4, -0.2) is 118 Å². The van der Waals surface area contributed by atoms with Gasteiger partial charge in [-0.05, 0) is 31.4 Å². The molecule has 0 unspecified atom stereocenters. The van der Waals surface area contributed by atoms with E-state index in [0.717, 1.165) is 77.0 Å². The van der Waals surface area contributed by atoms with Crippen LogP contribution in [0, 0.1) is 0 Å². The standard InChI is InChI=1S/C44H78N2O11/c1-3-4-5-6-7-8-9-10-12-15-18-21-27-35(48)39(50)34(32-56-44-42(53)41(52)40(51)37(31-47)57-44)46-38(49)29-22-19-16-13-11-14-17-20-25-30-45-43(54)33-26-23-24-28-36(33)55-2/h23-24,26,28,34-35,37,39-42,44,47-48,50-53H,3-22,25,27,29-32H2,1-2H3,(H,45,54)(H,46,49)/t34-,35+,37+,39-,40-,41-,42+,44-/m0/s1. The van der Waals surface area contributed by atoms with Crippen molar-refractivity contribution < 1.29 is 54.4 Å². The van der Waals surface area contributed by atoms with E-state index in [0.29, 0.717) is 30.7 Å². The Morgan fingerprint density at radius 3 is 1.86 bits per heavy atom. The van der Waals surface area contributed by atoms with Gasteiger partial charge in [0.25, 0.3) is 5.91 Å². The second kappa shape index (κ2) is 31.5. The van der Waals surface area contributed by atoms with Crippen LogP contribution in [0.4, 0.5) is 0 Å². The van der Waals surface area contributed by atoms with Gasteiger partial charge in [0, 0.05) is 13.0 Å². The SMILES string of the molecule is CCCCCCCCCCCCCC[C@@H](O)[C@@H](O)[C@H](CO[C@H]1O[C@H](CO)[C@H](O)[C@H](O)[C@H]1O)NC(=O)CCCCCCCCCCCNC(=O)c1ccccc1OC. The predicted molar refractivity (Wildman–Crippen MR) is 221 cm³/mol. The summed E-state index contributed by atoms with van der Waals surface area (Å²) in [7, 11) is 1.55. The molecule has 2 rings (SSSR count). The van der Waals surface area contributed by atoms with Crippen LogP contribution in [0.15, 0.2) is 24.3 Å². The number of methoxy groups -OCH3 is 1. The third-order valence-electron chi connectivity index (χ3n) is 11.0. The van der Waals surface area contributed by atoms with Crippen LogP contribution in [0.25, 0.3) is 0 Å². The van der Waals surface area contributed by atoms with Gasteiger partial charge in [-0.15, -0.1) is 0 Å². The highest BCUT2D eigenvalue weighted by molar-refractivity contribution is 5.96. The first-order chi connectivity index (χ1) is 27.6. The fourth-order valence-electron chi connectivity index (χ4n) is 7.32. The molecule has 1 aliphatic heterocycles. The average molecular weight is 811 g/mol. The zero-order valence-electron chi connectivity index (χ0n) is 35.0. The van der Waals surface area contributed by atoms with E-state index >= 15 is 0 Å². The maximum Gasteiger partial charge on any atom is 0.255 e. The van der Waals surface area contributed by atoms with Gasteiger partial charge in [-0.1, -0.05) is 141 Å². The van der Waals surface area contributed by atoms with Gasteiger partial charge in [0.2, 0.25) is 5.91 Å². The van der Waals surface area contributed by atoms with Gasteiger partial charge in [-0.3, -0.25) is 9.59 Å². The Balaban J connectivity index is 1.68. The molecule has 8 atom stereocenters. The molecule has 2 amide bonds. The van der Waals surface area contributed by atoms with Gasteiger partial charge in [0.15, 0.2) is 6.29 Å². The van der Waals surface area contributed by atoms with Gasteiger partial charge >= 0.3 is 0 Å². The molecule has 1 aromatic carbocycles. The van der Waals surface area contributed by atoms with Crippen molar-refractivity contribution in [1.82, 2.24) is 10.6 Å². The van der Waals surface area contributed by atoms with Crippen molar-refractivity contribution in [2.75, 3.05) is 26.9 Å². The van der Waals surface area contributed by atoms with Crippen molar-refractivity contribution in [3.8, 4) is 5.75 Å². The number of aliphatic hydroxyl groups excluding tert-OH is 6. The van der Waals surface area contributed by atoms with Crippen LogP contribution in [0.3, 0.4) is 0 Å². The summed E-state index contributed by atoms with van der Waals surface area (Å²) in [6.07, 6.45) is 13.7. The number of benzene rings is 1. The first-order valence-electron chi connectivity index (χ1n) is 22.1. The molecule has 1 aromatic rings. The molecule has 1 fully saturated rings. The summed E-state index contributed by atoms with van der Waals surface area (Å²) in [6.45, 7) is 1.90. The Labute approximate surface area is 342 Å². The lowest BCUT2D eigenvalue weighted by atomic mass is 9.98. The molecule has 57 heavy (non-hydrogen) atoms. The molecule has 0 saturated carbocycles.